The molecular formula is C18H21Cl2N5O2. The van der Waals surface area contributed by atoms with Gasteiger partial charge < -0.3 is 25.5 Å². The van der Waals surface area contributed by atoms with E-state index in [-0.39, 0.29) is 23.7 Å². The van der Waals surface area contributed by atoms with Crippen LogP contribution in [0.15, 0.2) is 30.5 Å². The molecule has 0 saturated heterocycles. The molecule has 0 atom stereocenters. The van der Waals surface area contributed by atoms with Gasteiger partial charge in [-0.1, -0.05) is 29.8 Å². The molecule has 0 fully saturated rings. The predicted octanol–water partition coefficient (Wildman–Crippen LogP) is 2.64. The lowest BCUT2D eigenvalue weighted by atomic mass is 10.1. The van der Waals surface area contributed by atoms with Gasteiger partial charge in [0.1, 0.15) is 6.61 Å². The Bertz CT molecular complexity index is 903. The van der Waals surface area contributed by atoms with Crippen LogP contribution in [0.1, 0.15) is 5.56 Å². The van der Waals surface area contributed by atoms with Crippen molar-refractivity contribution in [3.63, 3.8) is 0 Å². The number of fused-ring (bicyclic) bond motifs is 1. The molecule has 0 aliphatic rings. The van der Waals surface area contributed by atoms with Crippen LogP contribution < -0.4 is 15.4 Å². The molecule has 3 aromatic rings. The normalized spacial score (nSPS) is 11.1. The number of aliphatic hydroxyl groups is 1. The van der Waals surface area contributed by atoms with Gasteiger partial charge in [0.2, 0.25) is 5.28 Å². The van der Waals surface area contributed by atoms with Crippen LogP contribution in [0.4, 0.5) is 5.82 Å². The van der Waals surface area contributed by atoms with Crippen molar-refractivity contribution in [3.8, 4) is 5.75 Å². The van der Waals surface area contributed by atoms with Gasteiger partial charge in [-0.05, 0) is 29.7 Å². The zero-order chi connectivity index (χ0) is 19.2. The lowest BCUT2D eigenvalue weighted by Crippen LogP contribution is -2.30. The number of hydrogen-bond donors (Lipinski definition) is 3. The molecule has 9 heteroatoms. The minimum Gasteiger partial charge on any atom is -0.486 e. The van der Waals surface area contributed by atoms with E-state index >= 15 is 0 Å². The molecule has 4 N–H and O–H groups in total. The van der Waals surface area contributed by atoms with Crippen LogP contribution >= 0.6 is 23.2 Å². The lowest BCUT2D eigenvalue weighted by Gasteiger charge is -2.25. The molecular weight excluding hydrogens is 389 g/mol. The van der Waals surface area contributed by atoms with E-state index in [4.69, 9.17) is 33.7 Å². The molecule has 1 aromatic carbocycles. The predicted molar refractivity (Wildman–Crippen MR) is 108 cm³/mol. The molecule has 0 aliphatic carbocycles. The number of rotatable bonds is 9. The van der Waals surface area contributed by atoms with Gasteiger partial charge in [0.05, 0.1) is 6.61 Å². The summed E-state index contributed by atoms with van der Waals surface area (Å²) in [7, 11) is 0. The Hall–Kier alpha value is -2.06. The maximum Gasteiger partial charge on any atom is 0.226 e. The van der Waals surface area contributed by atoms with Gasteiger partial charge in [-0.3, -0.25) is 0 Å². The number of nitrogens with zero attached hydrogens (tertiary/aromatic N) is 3. The van der Waals surface area contributed by atoms with E-state index in [0.717, 1.165) is 11.9 Å². The average molecular weight is 410 g/mol. The highest BCUT2D eigenvalue weighted by molar-refractivity contribution is 6.33. The highest BCUT2D eigenvalue weighted by Crippen LogP contribution is 2.34. The fraction of sp³-hybridized carbons (Fsp3) is 0.333. The van der Waals surface area contributed by atoms with E-state index in [1.165, 1.54) is 10.9 Å². The highest BCUT2D eigenvalue weighted by Gasteiger charge is 2.20. The largest absolute Gasteiger partial charge is 0.486 e. The van der Waals surface area contributed by atoms with E-state index in [9.17, 15) is 5.11 Å². The van der Waals surface area contributed by atoms with Gasteiger partial charge in [-0.15, -0.1) is 0 Å². The minimum atomic E-state index is -0.0521. The maximum atomic E-state index is 9.51. The summed E-state index contributed by atoms with van der Waals surface area (Å²) in [6.45, 7) is 1.49. The fourth-order valence-corrected chi connectivity index (χ4v) is 3.35. The first kappa shape index (κ1) is 19.7. The van der Waals surface area contributed by atoms with E-state index in [1.54, 1.807) is 0 Å². The molecule has 0 spiro atoms. The summed E-state index contributed by atoms with van der Waals surface area (Å²) in [5, 5.41) is 10.8. The average Bonchev–Trinajstić information content (AvgIpc) is 3.07. The number of anilines is 1. The summed E-state index contributed by atoms with van der Waals surface area (Å²) < 4.78 is 5.64. The Morgan fingerprint density at radius 1 is 1.19 bits per heavy atom. The van der Waals surface area contributed by atoms with Crippen molar-refractivity contribution < 1.29 is 9.84 Å². The first-order chi connectivity index (χ1) is 13.1. The van der Waals surface area contributed by atoms with Gasteiger partial charge in [-0.2, -0.15) is 4.98 Å². The quantitative estimate of drug-likeness (QED) is 0.371. The minimum absolute atomic E-state index is 0.0186. The number of aromatic amines is 1. The maximum absolute atomic E-state index is 9.51. The van der Waals surface area contributed by atoms with Crippen LogP contribution in [0.3, 0.4) is 0 Å². The molecule has 2 aromatic heterocycles. The van der Waals surface area contributed by atoms with Gasteiger partial charge in [0, 0.05) is 36.7 Å². The number of aromatic nitrogens is 3. The summed E-state index contributed by atoms with van der Waals surface area (Å²) in [6.07, 6.45) is 2.73. The molecule has 27 heavy (non-hydrogen) atoms. The summed E-state index contributed by atoms with van der Waals surface area (Å²) in [6, 6.07) is 8.11. The Morgan fingerprint density at radius 3 is 2.78 bits per heavy atom. The molecule has 0 unspecified atom stereocenters. The van der Waals surface area contributed by atoms with Crippen molar-refractivity contribution in [2.45, 2.75) is 6.42 Å². The third-order valence-corrected chi connectivity index (χ3v) is 4.56. The molecule has 0 saturated carbocycles. The molecule has 2 heterocycles. The first-order valence-corrected chi connectivity index (χ1v) is 9.36. The number of para-hydroxylation sites is 1. The van der Waals surface area contributed by atoms with Crippen molar-refractivity contribution in [2.75, 3.05) is 37.7 Å². The Labute approximate surface area is 167 Å². The second-order valence-electron chi connectivity index (χ2n) is 5.89. The van der Waals surface area contributed by atoms with Crippen LogP contribution in [0, 0.1) is 0 Å². The van der Waals surface area contributed by atoms with Crippen molar-refractivity contribution in [1.29, 1.82) is 0 Å². The first-order valence-electron chi connectivity index (χ1n) is 8.60. The second kappa shape index (κ2) is 9.23. The summed E-state index contributed by atoms with van der Waals surface area (Å²) in [5.41, 5.74) is 7.78. The van der Waals surface area contributed by atoms with Gasteiger partial charge in [-0.25, -0.2) is 4.98 Å². The Balaban J connectivity index is 1.87. The lowest BCUT2D eigenvalue weighted by molar-refractivity contribution is 0.298. The highest BCUT2D eigenvalue weighted by atomic mass is 35.5. The summed E-state index contributed by atoms with van der Waals surface area (Å²) in [4.78, 5) is 13.4. The second-order valence-corrected chi connectivity index (χ2v) is 6.59. The standard InChI is InChI=1S/C18H21Cl2N5O2/c19-16-15(27-10-6-21)17(24-18(20)23-16)25(8-9-26)7-5-12-11-22-14-4-2-1-3-13(12)14/h1-4,11,22,26H,5-10,21H2. The number of H-pyrrole nitrogens is 1. The van der Waals surface area contributed by atoms with Gasteiger partial charge >= 0.3 is 0 Å². The molecule has 0 amide bonds. The Kier molecular flexibility index (Phi) is 6.73. The third kappa shape index (κ3) is 4.62. The topological polar surface area (TPSA) is 100 Å². The van der Waals surface area contributed by atoms with Gasteiger partial charge in [0.15, 0.2) is 16.7 Å². The van der Waals surface area contributed by atoms with E-state index in [2.05, 4.69) is 21.0 Å². The monoisotopic (exact) mass is 409 g/mol. The van der Waals surface area contributed by atoms with Crippen molar-refractivity contribution in [1.82, 2.24) is 15.0 Å². The van der Waals surface area contributed by atoms with Crippen LogP contribution in [-0.4, -0.2) is 52.9 Å². The molecule has 0 radical (unpaired) electrons. The fourth-order valence-electron chi connectivity index (χ4n) is 2.92. The van der Waals surface area contributed by atoms with Crippen LogP contribution in [0.2, 0.25) is 10.4 Å². The molecule has 3 rings (SSSR count). The van der Waals surface area contributed by atoms with Crippen molar-refractivity contribution in [2.24, 2.45) is 5.73 Å². The van der Waals surface area contributed by atoms with E-state index in [1.807, 2.05) is 29.3 Å². The third-order valence-electron chi connectivity index (χ3n) is 4.14. The number of hydrogen-bond acceptors (Lipinski definition) is 6. The molecule has 144 valence electrons. The number of aliphatic hydroxyl groups excluding tert-OH is 1. The molecule has 7 nitrogen and oxygen atoms in total. The number of nitrogens with two attached hydrogens (primary N) is 1. The Morgan fingerprint density at radius 2 is 2.00 bits per heavy atom. The number of halogens is 2. The number of benzene rings is 1. The van der Waals surface area contributed by atoms with E-state index < -0.39 is 0 Å². The summed E-state index contributed by atoms with van der Waals surface area (Å²) >= 11 is 12.2. The van der Waals surface area contributed by atoms with Crippen LogP contribution in [0.5, 0.6) is 5.75 Å². The summed E-state index contributed by atoms with van der Waals surface area (Å²) in [5.74, 6) is 0.765. The van der Waals surface area contributed by atoms with Crippen molar-refractivity contribution >= 4 is 39.9 Å². The zero-order valence-electron chi connectivity index (χ0n) is 14.7. The SMILES string of the molecule is NCCOc1c(Cl)nc(Cl)nc1N(CCO)CCc1c[nH]c2ccccc12. The van der Waals surface area contributed by atoms with Crippen LogP contribution in [0.25, 0.3) is 10.9 Å². The smallest absolute Gasteiger partial charge is 0.226 e. The van der Waals surface area contributed by atoms with Crippen molar-refractivity contribution in [3.05, 3.63) is 46.5 Å². The van der Waals surface area contributed by atoms with Crippen LogP contribution in [-0.2, 0) is 6.42 Å². The number of nitrogens with one attached hydrogen (secondary N) is 1. The molecule has 0 bridgehead atoms. The zero-order valence-corrected chi connectivity index (χ0v) is 16.2. The van der Waals surface area contributed by atoms with Gasteiger partial charge in [0.25, 0.3) is 0 Å². The van der Waals surface area contributed by atoms with E-state index in [0.29, 0.717) is 31.2 Å². The number of ether oxygens (including phenoxy) is 1. The molecule has 0 aliphatic heterocycles.